The molecular weight excluding hydrogens is 326 g/mol. The molecule has 0 aliphatic carbocycles. The zero-order chi connectivity index (χ0) is 17.5. The van der Waals surface area contributed by atoms with E-state index in [1.54, 1.807) is 41.8 Å². The van der Waals surface area contributed by atoms with Gasteiger partial charge in [-0.2, -0.15) is 0 Å². The molecule has 0 aliphatic heterocycles. The van der Waals surface area contributed by atoms with Gasteiger partial charge in [0.1, 0.15) is 0 Å². The van der Waals surface area contributed by atoms with Crippen LogP contribution in [0.5, 0.6) is 0 Å². The Balaban J connectivity index is 2.15. The molecule has 1 amide bonds. The number of rotatable bonds is 8. The van der Waals surface area contributed by atoms with Gasteiger partial charge in [-0.3, -0.25) is 14.4 Å². The highest BCUT2D eigenvalue weighted by atomic mass is 32.1. The molecule has 2 N–H and O–H groups in total. The molecule has 1 heterocycles. The average molecular weight is 345 g/mol. The zero-order valence-electron chi connectivity index (χ0n) is 13.3. The fourth-order valence-corrected chi connectivity index (χ4v) is 3.07. The van der Waals surface area contributed by atoms with E-state index >= 15 is 0 Å². The normalized spacial score (nSPS) is 11.7. The largest absolute Gasteiger partial charge is 0.481 e. The van der Waals surface area contributed by atoms with Crippen LogP contribution in [0.3, 0.4) is 0 Å². The van der Waals surface area contributed by atoms with Crippen LogP contribution in [0, 0.1) is 5.92 Å². The molecule has 0 bridgehead atoms. The highest BCUT2D eigenvalue weighted by molar-refractivity contribution is 7.12. The van der Waals surface area contributed by atoms with Gasteiger partial charge < -0.3 is 10.4 Å². The number of thiophene rings is 1. The summed E-state index contributed by atoms with van der Waals surface area (Å²) in [5.74, 6) is -2.20. The van der Waals surface area contributed by atoms with Crippen molar-refractivity contribution in [1.29, 1.82) is 0 Å². The topological polar surface area (TPSA) is 83.5 Å². The van der Waals surface area contributed by atoms with E-state index in [4.69, 9.17) is 5.11 Å². The second-order valence-electron chi connectivity index (χ2n) is 5.39. The number of carboxylic acids is 1. The third-order valence-corrected chi connectivity index (χ3v) is 4.53. The fraction of sp³-hybridized carbons (Fsp3) is 0.278. The van der Waals surface area contributed by atoms with Gasteiger partial charge in [-0.05, 0) is 23.9 Å². The summed E-state index contributed by atoms with van der Waals surface area (Å²) >= 11 is 1.32. The number of amides is 1. The maximum absolute atomic E-state index is 12.5. The molecule has 24 heavy (non-hydrogen) atoms. The second-order valence-corrected chi connectivity index (χ2v) is 6.33. The van der Waals surface area contributed by atoms with Crippen molar-refractivity contribution in [1.82, 2.24) is 5.32 Å². The molecule has 2 aromatic rings. The summed E-state index contributed by atoms with van der Waals surface area (Å²) in [4.78, 5) is 36.7. The lowest BCUT2D eigenvalue weighted by Crippen LogP contribution is -2.33. The molecule has 6 heteroatoms. The first-order valence-corrected chi connectivity index (χ1v) is 8.60. The SMILES string of the molecule is CCCC(CNC(=O)c1ccccc1C(=O)c1cccs1)C(=O)O. The molecule has 0 fully saturated rings. The fourth-order valence-electron chi connectivity index (χ4n) is 2.39. The second kappa shape index (κ2) is 8.40. The Morgan fingerprint density at radius 3 is 2.42 bits per heavy atom. The smallest absolute Gasteiger partial charge is 0.308 e. The maximum atomic E-state index is 12.5. The molecule has 0 radical (unpaired) electrons. The number of aliphatic carboxylic acids is 1. The minimum absolute atomic E-state index is 0.0452. The molecule has 1 aromatic heterocycles. The zero-order valence-corrected chi connectivity index (χ0v) is 14.1. The van der Waals surface area contributed by atoms with Crippen molar-refractivity contribution < 1.29 is 19.5 Å². The first kappa shape index (κ1) is 17.9. The summed E-state index contributed by atoms with van der Waals surface area (Å²) in [6.07, 6.45) is 1.21. The number of nitrogens with one attached hydrogen (secondary N) is 1. The van der Waals surface area contributed by atoms with Crippen LogP contribution in [0.4, 0.5) is 0 Å². The van der Waals surface area contributed by atoms with Crippen molar-refractivity contribution in [2.75, 3.05) is 6.54 Å². The van der Waals surface area contributed by atoms with Crippen molar-refractivity contribution >= 4 is 29.0 Å². The summed E-state index contributed by atoms with van der Waals surface area (Å²) in [6.45, 7) is 1.94. The van der Waals surface area contributed by atoms with E-state index in [2.05, 4.69) is 5.32 Å². The first-order chi connectivity index (χ1) is 11.5. The lowest BCUT2D eigenvalue weighted by atomic mass is 10.0. The van der Waals surface area contributed by atoms with Crippen LogP contribution in [0.25, 0.3) is 0 Å². The number of hydrogen-bond acceptors (Lipinski definition) is 4. The highest BCUT2D eigenvalue weighted by Crippen LogP contribution is 2.18. The summed E-state index contributed by atoms with van der Waals surface area (Å²) in [6, 6.07) is 10.1. The number of carbonyl (C=O) groups excluding carboxylic acids is 2. The van der Waals surface area contributed by atoms with Crippen molar-refractivity contribution in [3.05, 3.63) is 57.8 Å². The Kier molecular flexibility index (Phi) is 6.26. The molecule has 1 unspecified atom stereocenters. The Morgan fingerprint density at radius 1 is 1.12 bits per heavy atom. The Labute approximate surface area is 144 Å². The van der Waals surface area contributed by atoms with Crippen LogP contribution in [-0.4, -0.2) is 29.3 Å². The lowest BCUT2D eigenvalue weighted by Gasteiger charge is -2.13. The highest BCUT2D eigenvalue weighted by Gasteiger charge is 2.21. The van der Waals surface area contributed by atoms with Crippen molar-refractivity contribution in [3.63, 3.8) is 0 Å². The van der Waals surface area contributed by atoms with E-state index in [1.165, 1.54) is 11.3 Å². The minimum Gasteiger partial charge on any atom is -0.481 e. The third-order valence-electron chi connectivity index (χ3n) is 3.66. The quantitative estimate of drug-likeness (QED) is 0.720. The maximum Gasteiger partial charge on any atom is 0.308 e. The van der Waals surface area contributed by atoms with Crippen molar-refractivity contribution in [3.8, 4) is 0 Å². The van der Waals surface area contributed by atoms with Crippen LogP contribution >= 0.6 is 11.3 Å². The average Bonchev–Trinajstić information content (AvgIpc) is 3.12. The molecule has 2 rings (SSSR count). The molecular formula is C18H19NO4S. The van der Waals surface area contributed by atoms with Crippen molar-refractivity contribution in [2.45, 2.75) is 19.8 Å². The van der Waals surface area contributed by atoms with Gasteiger partial charge in [-0.25, -0.2) is 0 Å². The van der Waals surface area contributed by atoms with Crippen molar-refractivity contribution in [2.24, 2.45) is 5.92 Å². The number of carboxylic acid groups (broad SMARTS) is 1. The third kappa shape index (κ3) is 4.29. The van der Waals surface area contributed by atoms with E-state index in [1.807, 2.05) is 6.92 Å². The predicted octanol–water partition coefficient (Wildman–Crippen LogP) is 3.21. The van der Waals surface area contributed by atoms with Crippen LogP contribution in [0.2, 0.25) is 0 Å². The van der Waals surface area contributed by atoms with Crippen LogP contribution in [-0.2, 0) is 4.79 Å². The summed E-state index contributed by atoms with van der Waals surface area (Å²) < 4.78 is 0. The van der Waals surface area contributed by atoms with E-state index in [-0.39, 0.29) is 17.9 Å². The van der Waals surface area contributed by atoms with Crippen LogP contribution in [0.1, 0.15) is 45.4 Å². The summed E-state index contributed by atoms with van der Waals surface area (Å²) in [5.41, 5.74) is 0.580. The summed E-state index contributed by atoms with van der Waals surface area (Å²) in [5, 5.41) is 13.6. The Morgan fingerprint density at radius 2 is 1.83 bits per heavy atom. The van der Waals surface area contributed by atoms with Crippen LogP contribution in [0.15, 0.2) is 41.8 Å². The predicted molar refractivity (Wildman–Crippen MR) is 92.6 cm³/mol. The Hall–Kier alpha value is -2.47. The lowest BCUT2D eigenvalue weighted by molar-refractivity contribution is -0.141. The molecule has 126 valence electrons. The number of ketones is 1. The van der Waals surface area contributed by atoms with Gasteiger partial charge in [0.15, 0.2) is 0 Å². The molecule has 5 nitrogen and oxygen atoms in total. The first-order valence-electron chi connectivity index (χ1n) is 7.72. The minimum atomic E-state index is -0.930. The monoisotopic (exact) mass is 345 g/mol. The molecule has 1 atom stereocenters. The molecule has 0 spiro atoms. The van der Waals surface area contributed by atoms with Crippen LogP contribution < -0.4 is 5.32 Å². The molecule has 0 aliphatic rings. The summed E-state index contributed by atoms with van der Waals surface area (Å²) in [7, 11) is 0. The standard InChI is InChI=1S/C18H19NO4S/c1-2-6-12(18(22)23)11-19-17(21)14-8-4-3-7-13(14)16(20)15-9-5-10-24-15/h3-5,7-10,12H,2,6,11H2,1H3,(H,19,21)(H,22,23). The van der Waals surface area contributed by atoms with E-state index in [0.717, 1.165) is 6.42 Å². The molecule has 1 aromatic carbocycles. The van der Waals surface area contributed by atoms with Gasteiger partial charge >= 0.3 is 5.97 Å². The van der Waals surface area contributed by atoms with Gasteiger partial charge in [0.05, 0.1) is 16.4 Å². The van der Waals surface area contributed by atoms with E-state index in [0.29, 0.717) is 16.9 Å². The number of carbonyl (C=O) groups is 3. The van der Waals surface area contributed by atoms with Gasteiger partial charge in [-0.1, -0.05) is 37.6 Å². The van der Waals surface area contributed by atoms with E-state index in [9.17, 15) is 14.4 Å². The van der Waals surface area contributed by atoms with Gasteiger partial charge in [0.25, 0.3) is 5.91 Å². The van der Waals surface area contributed by atoms with Gasteiger partial charge in [0, 0.05) is 12.1 Å². The number of hydrogen-bond donors (Lipinski definition) is 2. The molecule has 0 saturated carbocycles. The van der Waals surface area contributed by atoms with Gasteiger partial charge in [0.2, 0.25) is 5.78 Å². The van der Waals surface area contributed by atoms with Gasteiger partial charge in [-0.15, -0.1) is 11.3 Å². The van der Waals surface area contributed by atoms with E-state index < -0.39 is 17.8 Å². The Bertz CT molecular complexity index is 724. The molecule has 0 saturated heterocycles. The number of benzene rings is 1.